The summed E-state index contributed by atoms with van der Waals surface area (Å²) in [5.41, 5.74) is 0.860. The maximum absolute atomic E-state index is 12.9. The first-order valence-electron chi connectivity index (χ1n) is 8.93. The third-order valence-electron chi connectivity index (χ3n) is 4.57. The minimum Gasteiger partial charge on any atom is -0.373 e. The van der Waals surface area contributed by atoms with Crippen LogP contribution in [0, 0.1) is 5.82 Å². The lowest BCUT2D eigenvalue weighted by atomic mass is 10.00. The van der Waals surface area contributed by atoms with Gasteiger partial charge in [-0.1, -0.05) is 12.1 Å². The fourth-order valence-electron chi connectivity index (χ4n) is 3.11. The van der Waals surface area contributed by atoms with Crippen LogP contribution in [-0.4, -0.2) is 54.9 Å². The van der Waals surface area contributed by atoms with Crippen molar-refractivity contribution < 1.29 is 13.9 Å². The van der Waals surface area contributed by atoms with Gasteiger partial charge in [-0.15, -0.1) is 0 Å². The third kappa shape index (κ3) is 6.29. The van der Waals surface area contributed by atoms with E-state index in [4.69, 9.17) is 4.74 Å². The smallest absolute Gasteiger partial charge is 0.314 e. The van der Waals surface area contributed by atoms with Crippen LogP contribution in [-0.2, 0) is 11.2 Å². The van der Waals surface area contributed by atoms with E-state index in [-0.39, 0.29) is 29.6 Å². The van der Waals surface area contributed by atoms with Gasteiger partial charge in [-0.3, -0.25) is 4.90 Å². The van der Waals surface area contributed by atoms with Gasteiger partial charge in [0.1, 0.15) is 5.82 Å². The molecule has 2 amide bonds. The number of nitrogens with one attached hydrogen (secondary N) is 2. The molecule has 1 fully saturated rings. The lowest BCUT2D eigenvalue weighted by Gasteiger charge is -2.45. The van der Waals surface area contributed by atoms with E-state index in [9.17, 15) is 9.18 Å². The zero-order valence-corrected chi connectivity index (χ0v) is 15.6. The Morgan fingerprint density at radius 1 is 1.20 bits per heavy atom. The van der Waals surface area contributed by atoms with Crippen LogP contribution in [0.25, 0.3) is 0 Å². The molecule has 0 radical (unpaired) electrons. The lowest BCUT2D eigenvalue weighted by molar-refractivity contribution is -0.0947. The van der Waals surface area contributed by atoms with Crippen molar-refractivity contribution in [3.05, 3.63) is 35.6 Å². The number of urea groups is 1. The number of ether oxygens (including phenoxy) is 1. The molecule has 1 heterocycles. The molecular formula is C19H30FN3O2. The highest BCUT2D eigenvalue weighted by Crippen LogP contribution is 2.20. The molecule has 1 aromatic carbocycles. The fraction of sp³-hybridized carbons (Fsp3) is 0.632. The van der Waals surface area contributed by atoms with E-state index in [0.29, 0.717) is 19.5 Å². The van der Waals surface area contributed by atoms with Crippen molar-refractivity contribution in [3.8, 4) is 0 Å². The van der Waals surface area contributed by atoms with Gasteiger partial charge >= 0.3 is 6.03 Å². The molecule has 25 heavy (non-hydrogen) atoms. The molecule has 0 aliphatic carbocycles. The van der Waals surface area contributed by atoms with Gasteiger partial charge in [0.05, 0.1) is 12.2 Å². The highest BCUT2D eigenvalue weighted by molar-refractivity contribution is 5.73. The Kier molecular flexibility index (Phi) is 6.79. The Balaban J connectivity index is 1.72. The number of nitrogens with zero attached hydrogens (tertiary/aromatic N) is 1. The average molecular weight is 351 g/mol. The highest BCUT2D eigenvalue weighted by Gasteiger charge is 2.33. The topological polar surface area (TPSA) is 53.6 Å². The predicted octanol–water partition coefficient (Wildman–Crippen LogP) is 2.56. The Morgan fingerprint density at radius 3 is 2.40 bits per heavy atom. The average Bonchev–Trinajstić information content (AvgIpc) is 2.54. The molecule has 0 spiro atoms. The van der Waals surface area contributed by atoms with Gasteiger partial charge in [-0.25, -0.2) is 9.18 Å². The molecule has 0 unspecified atom stereocenters. The normalized spacial score (nSPS) is 21.8. The van der Waals surface area contributed by atoms with Crippen LogP contribution in [0.2, 0.25) is 0 Å². The summed E-state index contributed by atoms with van der Waals surface area (Å²) in [7, 11) is 0. The van der Waals surface area contributed by atoms with Crippen LogP contribution in [0.1, 0.15) is 33.3 Å². The Morgan fingerprint density at radius 2 is 1.80 bits per heavy atom. The second-order valence-corrected chi connectivity index (χ2v) is 7.46. The number of rotatable bonds is 6. The molecule has 2 atom stereocenters. The summed E-state index contributed by atoms with van der Waals surface area (Å²) in [5, 5.41) is 5.80. The summed E-state index contributed by atoms with van der Waals surface area (Å²) in [5.74, 6) is -0.247. The van der Waals surface area contributed by atoms with Gasteiger partial charge in [-0.2, -0.15) is 0 Å². The SMILES string of the molecule is C[C@@H]1CN(C(C)(C)CNC(=O)NCCc2ccc(F)cc2)C[C@@H](C)O1. The molecule has 1 aromatic rings. The molecule has 1 aliphatic heterocycles. The molecule has 140 valence electrons. The van der Waals surface area contributed by atoms with Crippen molar-refractivity contribution in [1.82, 2.24) is 15.5 Å². The summed E-state index contributed by atoms with van der Waals surface area (Å²) < 4.78 is 18.6. The minimum absolute atomic E-state index is 0.138. The van der Waals surface area contributed by atoms with Crippen LogP contribution >= 0.6 is 0 Å². The fourth-order valence-corrected chi connectivity index (χ4v) is 3.11. The molecule has 2 N–H and O–H groups in total. The minimum atomic E-state index is -0.247. The van der Waals surface area contributed by atoms with Gasteiger partial charge < -0.3 is 15.4 Å². The summed E-state index contributed by atoms with van der Waals surface area (Å²) >= 11 is 0. The van der Waals surface area contributed by atoms with Crippen molar-refractivity contribution in [2.24, 2.45) is 0 Å². The monoisotopic (exact) mass is 351 g/mol. The first-order chi connectivity index (χ1) is 11.8. The van der Waals surface area contributed by atoms with Crippen LogP contribution in [0.5, 0.6) is 0 Å². The summed E-state index contributed by atoms with van der Waals surface area (Å²) in [4.78, 5) is 14.4. The van der Waals surface area contributed by atoms with Crippen LogP contribution in [0.4, 0.5) is 9.18 Å². The maximum atomic E-state index is 12.9. The zero-order valence-electron chi connectivity index (χ0n) is 15.6. The maximum Gasteiger partial charge on any atom is 0.314 e. The molecule has 1 saturated heterocycles. The molecule has 0 saturated carbocycles. The number of benzene rings is 1. The number of carbonyl (C=O) groups excluding carboxylic acids is 1. The molecule has 2 rings (SSSR count). The molecule has 0 bridgehead atoms. The molecule has 1 aliphatic rings. The summed E-state index contributed by atoms with van der Waals surface area (Å²) in [6, 6.07) is 6.16. The largest absolute Gasteiger partial charge is 0.373 e. The number of morpholine rings is 1. The van der Waals surface area contributed by atoms with Gasteiger partial charge in [0.25, 0.3) is 0 Å². The first-order valence-corrected chi connectivity index (χ1v) is 8.93. The first kappa shape index (κ1) is 19.7. The highest BCUT2D eigenvalue weighted by atomic mass is 19.1. The Hall–Kier alpha value is -1.66. The van der Waals surface area contributed by atoms with E-state index < -0.39 is 0 Å². The number of hydrogen-bond acceptors (Lipinski definition) is 3. The van der Waals surface area contributed by atoms with Crippen LogP contribution < -0.4 is 10.6 Å². The van der Waals surface area contributed by atoms with E-state index in [1.165, 1.54) is 12.1 Å². The third-order valence-corrected chi connectivity index (χ3v) is 4.57. The van der Waals surface area contributed by atoms with Gasteiger partial charge in [-0.05, 0) is 51.8 Å². The predicted molar refractivity (Wildman–Crippen MR) is 97.2 cm³/mol. The molecule has 5 nitrogen and oxygen atoms in total. The summed E-state index contributed by atoms with van der Waals surface area (Å²) in [6.07, 6.45) is 1.08. The van der Waals surface area contributed by atoms with Crippen molar-refractivity contribution in [2.75, 3.05) is 26.2 Å². The van der Waals surface area contributed by atoms with Gasteiger partial charge in [0, 0.05) is 31.7 Å². The second kappa shape index (κ2) is 8.63. The van der Waals surface area contributed by atoms with Crippen molar-refractivity contribution in [2.45, 2.75) is 51.9 Å². The van der Waals surface area contributed by atoms with E-state index in [1.54, 1.807) is 12.1 Å². The van der Waals surface area contributed by atoms with E-state index in [2.05, 4.69) is 43.2 Å². The van der Waals surface area contributed by atoms with Crippen LogP contribution in [0.3, 0.4) is 0 Å². The van der Waals surface area contributed by atoms with E-state index >= 15 is 0 Å². The van der Waals surface area contributed by atoms with Gasteiger partial charge in [0.15, 0.2) is 0 Å². The number of hydrogen-bond donors (Lipinski definition) is 2. The van der Waals surface area contributed by atoms with Crippen molar-refractivity contribution in [3.63, 3.8) is 0 Å². The van der Waals surface area contributed by atoms with Crippen LogP contribution in [0.15, 0.2) is 24.3 Å². The van der Waals surface area contributed by atoms with Crippen molar-refractivity contribution in [1.29, 1.82) is 0 Å². The standard InChI is InChI=1S/C19H30FN3O2/c1-14-11-23(12-15(2)25-14)19(3,4)13-22-18(24)21-10-9-16-5-7-17(20)8-6-16/h5-8,14-15H,9-13H2,1-4H3,(H2,21,22,24)/t14-,15-/m1/s1. The summed E-state index contributed by atoms with van der Waals surface area (Å²) in [6.45, 7) is 11.2. The number of carbonyl (C=O) groups is 1. The lowest BCUT2D eigenvalue weighted by Crippen LogP contribution is -2.59. The zero-order chi connectivity index (χ0) is 18.4. The quantitative estimate of drug-likeness (QED) is 0.828. The van der Waals surface area contributed by atoms with E-state index in [0.717, 1.165) is 18.7 Å². The molecule has 6 heteroatoms. The number of halogens is 1. The molecule has 0 aromatic heterocycles. The molecular weight excluding hydrogens is 321 g/mol. The Bertz CT molecular complexity index is 552. The van der Waals surface area contributed by atoms with Gasteiger partial charge in [0.2, 0.25) is 0 Å². The van der Waals surface area contributed by atoms with Crippen molar-refractivity contribution >= 4 is 6.03 Å². The number of amides is 2. The Labute approximate surface area is 149 Å². The van der Waals surface area contributed by atoms with E-state index in [1.807, 2.05) is 0 Å². The second-order valence-electron chi connectivity index (χ2n) is 7.46.